The summed E-state index contributed by atoms with van der Waals surface area (Å²) in [5.74, 6) is -0.599. The smallest absolute Gasteiger partial charge is 0.428 e. The van der Waals surface area contributed by atoms with Gasteiger partial charge in [-0.3, -0.25) is 0 Å². The summed E-state index contributed by atoms with van der Waals surface area (Å²) in [6, 6.07) is 34.1. The first-order valence-electron chi connectivity index (χ1n) is 19.6. The Hall–Kier alpha value is -7.23. The summed E-state index contributed by atoms with van der Waals surface area (Å²) in [7, 11) is -3.76. The standard InChI is InChI=1S/C25H17F4N3O.C20H19F4N5O3S/c26-23(27)25(28,29)33-19-6-3-5-18(14-19)31-24-30-11-10-22(32-24)16-8-9-21-17(13-16)12-15-4-1-2-7-20(15)21;21-18(22)20(23,24)32-15-5-2-4-14(12-15)28-19-26-9-7-17(29-19)13-3-1-6-16(11-13)33(30,31)27-10-8-25/h1-11,13-14,23H,12H2,(H,30,31,32);1-7,9,11-12,18,27H,8,10,25H2,(H,26,28,29). The van der Waals surface area contributed by atoms with Gasteiger partial charge in [-0.05, 0) is 83.3 Å². The Balaban J connectivity index is 0.000000196. The number of rotatable bonds is 16. The van der Waals surface area contributed by atoms with E-state index in [2.05, 4.69) is 69.0 Å². The predicted molar refractivity (Wildman–Crippen MR) is 230 cm³/mol. The monoisotopic (exact) mass is 936 g/mol. The molecule has 21 heteroatoms. The molecule has 0 atom stereocenters. The molecule has 5 N–H and O–H groups in total. The molecule has 0 amide bonds. The molecule has 0 bridgehead atoms. The highest BCUT2D eigenvalue weighted by Gasteiger charge is 2.44. The van der Waals surface area contributed by atoms with Crippen LogP contribution in [0.4, 0.5) is 58.4 Å². The molecule has 0 spiro atoms. The first-order valence-corrected chi connectivity index (χ1v) is 21.1. The number of ether oxygens (including phenoxy) is 2. The minimum Gasteiger partial charge on any atom is -0.428 e. The van der Waals surface area contributed by atoms with E-state index in [0.717, 1.165) is 24.1 Å². The Morgan fingerprint density at radius 1 is 0.606 bits per heavy atom. The van der Waals surface area contributed by atoms with Crippen LogP contribution >= 0.6 is 0 Å². The van der Waals surface area contributed by atoms with Gasteiger partial charge in [-0.15, -0.1) is 0 Å². The van der Waals surface area contributed by atoms with Crippen LogP contribution in [-0.4, -0.2) is 66.5 Å². The highest BCUT2D eigenvalue weighted by atomic mass is 32.2. The molecule has 1 aliphatic rings. The molecule has 0 saturated carbocycles. The summed E-state index contributed by atoms with van der Waals surface area (Å²) in [6.45, 7) is 0.228. The molecule has 0 unspecified atom stereocenters. The number of nitrogens with two attached hydrogens (primary N) is 1. The number of aromatic nitrogens is 4. The third-order valence-electron chi connectivity index (χ3n) is 9.47. The fraction of sp³-hybridized carbons (Fsp3) is 0.156. The van der Waals surface area contributed by atoms with Crippen molar-refractivity contribution in [3.8, 4) is 45.1 Å². The summed E-state index contributed by atoms with van der Waals surface area (Å²) < 4.78 is 137. The second kappa shape index (κ2) is 19.9. The van der Waals surface area contributed by atoms with E-state index in [4.69, 9.17) is 5.73 Å². The molecule has 12 nitrogen and oxygen atoms in total. The van der Waals surface area contributed by atoms with E-state index in [1.807, 2.05) is 18.2 Å². The third kappa shape index (κ3) is 11.5. The fourth-order valence-electron chi connectivity index (χ4n) is 6.50. The number of anilines is 4. The second-order valence-corrected chi connectivity index (χ2v) is 16.0. The lowest BCUT2D eigenvalue weighted by Crippen LogP contribution is -2.33. The van der Waals surface area contributed by atoms with E-state index in [1.165, 1.54) is 70.9 Å². The topological polar surface area (TPSA) is 166 Å². The molecular weight excluding hydrogens is 901 g/mol. The highest BCUT2D eigenvalue weighted by Crippen LogP contribution is 2.38. The van der Waals surface area contributed by atoms with Gasteiger partial charge in [0.2, 0.25) is 21.9 Å². The van der Waals surface area contributed by atoms with Crippen LogP contribution < -0.4 is 30.6 Å². The van der Waals surface area contributed by atoms with Crippen molar-refractivity contribution in [2.24, 2.45) is 5.73 Å². The van der Waals surface area contributed by atoms with Crippen LogP contribution in [0.1, 0.15) is 11.1 Å². The molecule has 2 heterocycles. The molecule has 66 heavy (non-hydrogen) atoms. The SMILES string of the molecule is FC(F)C(F)(F)Oc1cccc(Nc2nccc(-c3ccc4c(c3)Cc3ccccc3-4)n2)c1.NCCNS(=O)(=O)c1cccc(-c2ccnc(Nc3cccc(OC(F)(F)C(F)F)c3)n2)c1. The third-order valence-corrected chi connectivity index (χ3v) is 10.9. The van der Waals surface area contributed by atoms with Gasteiger partial charge in [0.15, 0.2) is 0 Å². The Kier molecular flexibility index (Phi) is 14.1. The Labute approximate surface area is 372 Å². The molecule has 0 saturated heterocycles. The van der Waals surface area contributed by atoms with Crippen LogP contribution in [0.2, 0.25) is 0 Å². The molecule has 0 radical (unpaired) electrons. The average molecular weight is 937 g/mol. The molecule has 342 valence electrons. The van der Waals surface area contributed by atoms with Crippen molar-refractivity contribution in [1.82, 2.24) is 24.7 Å². The summed E-state index contributed by atoms with van der Waals surface area (Å²) in [5.41, 5.74) is 13.3. The Morgan fingerprint density at radius 2 is 1.14 bits per heavy atom. The lowest BCUT2D eigenvalue weighted by Gasteiger charge is -2.17. The van der Waals surface area contributed by atoms with Crippen molar-refractivity contribution < 1.29 is 53.0 Å². The van der Waals surface area contributed by atoms with Crippen LogP contribution in [0.3, 0.4) is 0 Å². The second-order valence-electron chi connectivity index (χ2n) is 14.2. The van der Waals surface area contributed by atoms with Crippen LogP contribution in [0.5, 0.6) is 11.5 Å². The zero-order chi connectivity index (χ0) is 47.1. The Bertz CT molecular complexity index is 2930. The van der Waals surface area contributed by atoms with Crippen molar-refractivity contribution in [2.45, 2.75) is 36.4 Å². The molecule has 5 aromatic carbocycles. The van der Waals surface area contributed by atoms with Crippen LogP contribution in [0.25, 0.3) is 33.6 Å². The van der Waals surface area contributed by atoms with Crippen molar-refractivity contribution in [1.29, 1.82) is 0 Å². The maximum absolute atomic E-state index is 13.2. The van der Waals surface area contributed by atoms with E-state index < -0.39 is 46.6 Å². The van der Waals surface area contributed by atoms with Gasteiger partial charge in [0.1, 0.15) is 11.5 Å². The number of hydrogen-bond acceptors (Lipinski definition) is 11. The molecule has 7 aromatic rings. The molecular formula is C45H36F8N8O4S. The van der Waals surface area contributed by atoms with E-state index >= 15 is 0 Å². The number of nitrogens with one attached hydrogen (secondary N) is 3. The molecule has 1 aliphatic carbocycles. The summed E-state index contributed by atoms with van der Waals surface area (Å²) in [6.07, 6.45) is -13.3. The van der Waals surface area contributed by atoms with Gasteiger partial charge in [-0.2, -0.15) is 35.1 Å². The Morgan fingerprint density at radius 3 is 1.70 bits per heavy atom. The van der Waals surface area contributed by atoms with Gasteiger partial charge in [0, 0.05) is 60.1 Å². The van der Waals surface area contributed by atoms with E-state index in [1.54, 1.807) is 36.5 Å². The zero-order valence-corrected chi connectivity index (χ0v) is 34.8. The van der Waals surface area contributed by atoms with Crippen molar-refractivity contribution in [3.05, 3.63) is 151 Å². The first-order chi connectivity index (χ1) is 31.5. The fourth-order valence-corrected chi connectivity index (χ4v) is 7.59. The normalized spacial score (nSPS) is 12.2. The van der Waals surface area contributed by atoms with Gasteiger partial charge in [-0.25, -0.2) is 33.1 Å². The highest BCUT2D eigenvalue weighted by molar-refractivity contribution is 7.89. The van der Waals surface area contributed by atoms with Crippen molar-refractivity contribution in [3.63, 3.8) is 0 Å². The maximum Gasteiger partial charge on any atom is 0.461 e. The van der Waals surface area contributed by atoms with E-state index in [0.29, 0.717) is 22.6 Å². The van der Waals surface area contributed by atoms with Crippen molar-refractivity contribution in [2.75, 3.05) is 23.7 Å². The quantitative estimate of drug-likeness (QED) is 0.0681. The number of sulfonamides is 1. The number of hydrogen-bond donors (Lipinski definition) is 4. The van der Waals surface area contributed by atoms with Gasteiger partial charge < -0.3 is 25.8 Å². The zero-order valence-electron chi connectivity index (χ0n) is 34.0. The number of fused-ring (bicyclic) bond motifs is 3. The first kappa shape index (κ1) is 46.8. The van der Waals surface area contributed by atoms with Crippen LogP contribution in [0.15, 0.2) is 145 Å². The number of benzene rings is 5. The lowest BCUT2D eigenvalue weighted by atomic mass is 10.0. The average Bonchev–Trinajstić information content (AvgIpc) is 3.67. The molecule has 2 aromatic heterocycles. The summed E-state index contributed by atoms with van der Waals surface area (Å²) in [5, 5.41) is 5.66. The maximum atomic E-state index is 13.2. The van der Waals surface area contributed by atoms with Gasteiger partial charge in [0.05, 0.1) is 16.3 Å². The van der Waals surface area contributed by atoms with Crippen molar-refractivity contribution >= 4 is 33.3 Å². The molecule has 8 rings (SSSR count). The van der Waals surface area contributed by atoms with E-state index in [-0.39, 0.29) is 35.6 Å². The molecule has 0 fully saturated rings. The minimum absolute atomic E-state index is 0.0198. The number of halogens is 8. The van der Waals surface area contributed by atoms with E-state index in [9.17, 15) is 43.5 Å². The summed E-state index contributed by atoms with van der Waals surface area (Å²) >= 11 is 0. The lowest BCUT2D eigenvalue weighted by molar-refractivity contribution is -0.253. The van der Waals surface area contributed by atoms with Gasteiger partial charge >= 0.3 is 25.1 Å². The number of alkyl halides is 8. The van der Waals surface area contributed by atoms with Crippen LogP contribution in [0, 0.1) is 0 Å². The summed E-state index contributed by atoms with van der Waals surface area (Å²) in [4.78, 5) is 17.0. The van der Waals surface area contributed by atoms with Crippen LogP contribution in [-0.2, 0) is 16.4 Å². The minimum atomic E-state index is -4.64. The number of nitrogens with zero attached hydrogens (tertiary/aromatic N) is 4. The molecule has 0 aliphatic heterocycles. The van der Waals surface area contributed by atoms with Gasteiger partial charge in [0.25, 0.3) is 0 Å². The predicted octanol–water partition coefficient (Wildman–Crippen LogP) is 10.1. The van der Waals surface area contributed by atoms with Gasteiger partial charge in [-0.1, -0.05) is 60.7 Å². The largest absolute Gasteiger partial charge is 0.461 e.